The van der Waals surface area contributed by atoms with Gasteiger partial charge in [0.05, 0.1) is 37.1 Å². The number of rotatable bonds is 3. The van der Waals surface area contributed by atoms with Crippen molar-refractivity contribution in [2.75, 3.05) is 32.8 Å². The van der Waals surface area contributed by atoms with Crippen molar-refractivity contribution in [2.24, 2.45) is 0 Å². The average Bonchev–Trinajstić information content (AvgIpc) is 3.17. The zero-order valence-corrected chi connectivity index (χ0v) is 14.3. The van der Waals surface area contributed by atoms with Crippen LogP contribution < -0.4 is 0 Å². The molecule has 4 heterocycles. The summed E-state index contributed by atoms with van der Waals surface area (Å²) in [4.78, 5) is 21.1. The van der Waals surface area contributed by atoms with Crippen LogP contribution in [0, 0.1) is 0 Å². The fourth-order valence-electron chi connectivity index (χ4n) is 3.73. The second-order valence-corrected chi connectivity index (χ2v) is 6.86. The van der Waals surface area contributed by atoms with Gasteiger partial charge >= 0.3 is 0 Å². The van der Waals surface area contributed by atoms with Crippen molar-refractivity contribution in [3.8, 4) is 0 Å². The summed E-state index contributed by atoms with van der Waals surface area (Å²) in [5.74, 6) is 1.04. The van der Waals surface area contributed by atoms with E-state index < -0.39 is 0 Å². The Kier molecular flexibility index (Phi) is 4.55. The van der Waals surface area contributed by atoms with Crippen LogP contribution in [0.25, 0.3) is 0 Å². The van der Waals surface area contributed by atoms with Gasteiger partial charge in [-0.25, -0.2) is 0 Å². The minimum Gasteiger partial charge on any atom is -0.468 e. The van der Waals surface area contributed by atoms with Crippen molar-refractivity contribution >= 4 is 5.91 Å². The van der Waals surface area contributed by atoms with Crippen LogP contribution in [0.5, 0.6) is 0 Å². The van der Waals surface area contributed by atoms with Gasteiger partial charge in [0, 0.05) is 32.0 Å². The van der Waals surface area contributed by atoms with Gasteiger partial charge in [0.1, 0.15) is 5.76 Å². The van der Waals surface area contributed by atoms with E-state index in [0.29, 0.717) is 25.3 Å². The highest BCUT2D eigenvalue weighted by atomic mass is 16.5. The van der Waals surface area contributed by atoms with Crippen molar-refractivity contribution in [3.05, 3.63) is 54.2 Å². The highest BCUT2D eigenvalue weighted by Crippen LogP contribution is 2.31. The molecule has 0 N–H and O–H groups in total. The van der Waals surface area contributed by atoms with E-state index in [0.717, 1.165) is 38.2 Å². The Hall–Kier alpha value is -2.18. The number of aromatic nitrogens is 1. The van der Waals surface area contributed by atoms with Crippen LogP contribution in [0.1, 0.15) is 29.0 Å². The van der Waals surface area contributed by atoms with Crippen LogP contribution in [-0.4, -0.2) is 59.1 Å². The number of carbonyl (C=O) groups excluding carboxylic acids is 1. The number of furan rings is 1. The molecule has 0 aromatic carbocycles. The fraction of sp³-hybridized carbons (Fsp3) is 0.474. The lowest BCUT2D eigenvalue weighted by atomic mass is 9.89. The Morgan fingerprint density at radius 1 is 1.20 bits per heavy atom. The lowest BCUT2D eigenvalue weighted by Crippen LogP contribution is -2.57. The molecule has 2 aliphatic rings. The number of carbonyl (C=O) groups is 1. The lowest BCUT2D eigenvalue weighted by molar-refractivity contribution is -0.128. The number of nitrogens with zero attached hydrogens (tertiary/aromatic N) is 3. The molecule has 0 unspecified atom stereocenters. The summed E-state index contributed by atoms with van der Waals surface area (Å²) >= 11 is 0. The van der Waals surface area contributed by atoms with E-state index in [-0.39, 0.29) is 11.5 Å². The van der Waals surface area contributed by atoms with Crippen molar-refractivity contribution in [2.45, 2.75) is 25.0 Å². The Balaban J connectivity index is 1.37. The molecule has 0 bridgehead atoms. The molecule has 0 aliphatic carbocycles. The quantitative estimate of drug-likeness (QED) is 0.856. The lowest BCUT2D eigenvalue weighted by Gasteiger charge is -2.47. The van der Waals surface area contributed by atoms with E-state index >= 15 is 0 Å². The maximum atomic E-state index is 12.7. The highest BCUT2D eigenvalue weighted by molar-refractivity contribution is 5.94. The molecule has 6 nitrogen and oxygen atoms in total. The Morgan fingerprint density at radius 2 is 2.08 bits per heavy atom. The molecule has 6 heteroatoms. The maximum Gasteiger partial charge on any atom is 0.255 e. The number of morpholine rings is 1. The first-order valence-electron chi connectivity index (χ1n) is 8.82. The number of likely N-dealkylation sites (tertiary alicyclic amines) is 1. The Labute approximate surface area is 147 Å². The van der Waals surface area contributed by atoms with Crippen LogP contribution >= 0.6 is 0 Å². The molecule has 2 fully saturated rings. The van der Waals surface area contributed by atoms with Gasteiger partial charge in [0.15, 0.2) is 0 Å². The topological polar surface area (TPSA) is 58.8 Å². The third-order valence-electron chi connectivity index (χ3n) is 5.17. The van der Waals surface area contributed by atoms with E-state index in [1.54, 1.807) is 24.7 Å². The summed E-state index contributed by atoms with van der Waals surface area (Å²) in [6.07, 6.45) is 6.91. The number of amides is 1. The predicted octanol–water partition coefficient (Wildman–Crippen LogP) is 2.18. The normalized spacial score (nSPS) is 20.7. The summed E-state index contributed by atoms with van der Waals surface area (Å²) in [5.41, 5.74) is 0.435. The largest absolute Gasteiger partial charge is 0.468 e. The Morgan fingerprint density at radius 3 is 2.80 bits per heavy atom. The van der Waals surface area contributed by atoms with E-state index in [9.17, 15) is 4.79 Å². The summed E-state index contributed by atoms with van der Waals surface area (Å²) in [7, 11) is 0. The monoisotopic (exact) mass is 341 g/mol. The van der Waals surface area contributed by atoms with Crippen molar-refractivity contribution < 1.29 is 13.9 Å². The van der Waals surface area contributed by atoms with Crippen LogP contribution in [0.2, 0.25) is 0 Å². The maximum absolute atomic E-state index is 12.7. The second-order valence-electron chi connectivity index (χ2n) is 6.86. The molecule has 2 saturated heterocycles. The van der Waals surface area contributed by atoms with Gasteiger partial charge in [-0.1, -0.05) is 0 Å². The molecule has 0 atom stereocenters. The van der Waals surface area contributed by atoms with Crippen molar-refractivity contribution in [1.29, 1.82) is 0 Å². The number of hydrogen-bond acceptors (Lipinski definition) is 5. The number of ether oxygens (including phenoxy) is 1. The minimum absolute atomic E-state index is 0.0498. The second kappa shape index (κ2) is 6.98. The number of hydrogen-bond donors (Lipinski definition) is 0. The van der Waals surface area contributed by atoms with E-state index in [1.807, 2.05) is 23.1 Å². The molecule has 2 aliphatic heterocycles. The van der Waals surface area contributed by atoms with Gasteiger partial charge < -0.3 is 14.1 Å². The molecular formula is C19H23N3O3. The van der Waals surface area contributed by atoms with Gasteiger partial charge in [-0.3, -0.25) is 14.7 Å². The molecule has 1 amide bonds. The molecule has 0 radical (unpaired) electrons. The van der Waals surface area contributed by atoms with Crippen LogP contribution in [0.15, 0.2) is 47.3 Å². The van der Waals surface area contributed by atoms with E-state index in [4.69, 9.17) is 9.15 Å². The van der Waals surface area contributed by atoms with Gasteiger partial charge in [0.2, 0.25) is 0 Å². The standard InChI is InChI=1S/C19H23N3O3/c23-18(16-3-1-7-20-13-16)22-10-12-25-19(15-22)5-8-21(9-6-19)14-17-4-2-11-24-17/h1-4,7,11,13H,5-6,8-10,12,14-15H2. The molecule has 0 saturated carbocycles. The first kappa shape index (κ1) is 16.3. The molecule has 4 rings (SSSR count). The number of pyridine rings is 1. The number of piperidine rings is 1. The van der Waals surface area contributed by atoms with Crippen molar-refractivity contribution in [1.82, 2.24) is 14.8 Å². The van der Waals surface area contributed by atoms with Gasteiger partial charge in [-0.2, -0.15) is 0 Å². The first-order valence-corrected chi connectivity index (χ1v) is 8.82. The fourth-order valence-corrected chi connectivity index (χ4v) is 3.73. The van der Waals surface area contributed by atoms with Crippen molar-refractivity contribution in [3.63, 3.8) is 0 Å². The Bertz CT molecular complexity index is 694. The smallest absolute Gasteiger partial charge is 0.255 e. The molecule has 2 aromatic heterocycles. The summed E-state index contributed by atoms with van der Waals surface area (Å²) in [6.45, 7) is 4.65. The third-order valence-corrected chi connectivity index (χ3v) is 5.17. The van der Waals surface area contributed by atoms with Gasteiger partial charge in [-0.05, 0) is 37.1 Å². The zero-order chi connectivity index (χ0) is 17.1. The molecule has 2 aromatic rings. The van der Waals surface area contributed by atoms with Crippen LogP contribution in [0.3, 0.4) is 0 Å². The third kappa shape index (κ3) is 3.60. The minimum atomic E-state index is -0.213. The molecule has 25 heavy (non-hydrogen) atoms. The highest BCUT2D eigenvalue weighted by Gasteiger charge is 2.41. The first-order chi connectivity index (χ1) is 12.2. The molecule has 132 valence electrons. The van der Waals surface area contributed by atoms with E-state index in [2.05, 4.69) is 9.88 Å². The van der Waals surface area contributed by atoms with Gasteiger partial charge in [0.25, 0.3) is 5.91 Å². The van der Waals surface area contributed by atoms with E-state index in [1.165, 1.54) is 0 Å². The predicted molar refractivity (Wildman–Crippen MR) is 92.0 cm³/mol. The van der Waals surface area contributed by atoms with Crippen LogP contribution in [-0.2, 0) is 11.3 Å². The summed E-state index contributed by atoms with van der Waals surface area (Å²) in [5, 5.41) is 0. The average molecular weight is 341 g/mol. The summed E-state index contributed by atoms with van der Waals surface area (Å²) < 4.78 is 11.6. The summed E-state index contributed by atoms with van der Waals surface area (Å²) in [6, 6.07) is 7.56. The van der Waals surface area contributed by atoms with Gasteiger partial charge in [-0.15, -0.1) is 0 Å². The zero-order valence-electron chi connectivity index (χ0n) is 14.3. The molecular weight excluding hydrogens is 318 g/mol. The molecule has 1 spiro atoms. The SMILES string of the molecule is O=C(c1cccnc1)N1CCOC2(CCN(Cc3ccco3)CC2)C1. The van der Waals surface area contributed by atoms with Crippen LogP contribution in [0.4, 0.5) is 0 Å².